The van der Waals surface area contributed by atoms with E-state index in [1.165, 1.54) is 0 Å². The Hall–Kier alpha value is -0.320. The van der Waals surface area contributed by atoms with Crippen LogP contribution in [0.25, 0.3) is 0 Å². The van der Waals surface area contributed by atoms with Crippen LogP contribution in [0, 0.1) is 0 Å². The van der Waals surface area contributed by atoms with Crippen molar-refractivity contribution >= 4 is 17.5 Å². The first-order chi connectivity index (χ1) is 7.76. The van der Waals surface area contributed by atoms with E-state index in [2.05, 4.69) is 17.1 Å². The molecule has 1 amide bonds. The van der Waals surface area contributed by atoms with Crippen molar-refractivity contribution in [2.75, 3.05) is 38.7 Å². The van der Waals surface area contributed by atoms with E-state index in [1.54, 1.807) is 0 Å². The number of amides is 1. The molecule has 0 aromatic heterocycles. The molecule has 0 aromatic carbocycles. The zero-order valence-electron chi connectivity index (χ0n) is 9.88. The lowest BCUT2D eigenvalue weighted by Gasteiger charge is -2.32. The quantitative estimate of drug-likeness (QED) is 0.709. The van der Waals surface area contributed by atoms with Crippen molar-refractivity contribution < 1.29 is 9.53 Å². The number of hydrogen-bond acceptors (Lipinski definition) is 3. The van der Waals surface area contributed by atoms with Crippen LogP contribution in [0.5, 0.6) is 0 Å². The number of alkyl halides is 1. The number of carbonyl (C=O) groups is 1. The fourth-order valence-corrected chi connectivity index (χ4v) is 1.87. The molecule has 1 unspecified atom stereocenters. The van der Waals surface area contributed by atoms with Crippen LogP contribution in [0.2, 0.25) is 0 Å². The third-order valence-corrected chi connectivity index (χ3v) is 3.00. The van der Waals surface area contributed by atoms with E-state index in [4.69, 9.17) is 16.3 Å². The van der Waals surface area contributed by atoms with E-state index < -0.39 is 0 Å². The molecule has 1 N–H and O–H groups in total. The van der Waals surface area contributed by atoms with Crippen molar-refractivity contribution in [2.24, 2.45) is 0 Å². The van der Waals surface area contributed by atoms with Gasteiger partial charge in [0.25, 0.3) is 0 Å². The number of ether oxygens (including phenoxy) is 1. The molecule has 0 saturated carbocycles. The van der Waals surface area contributed by atoms with Gasteiger partial charge < -0.3 is 10.1 Å². The van der Waals surface area contributed by atoms with Crippen LogP contribution in [0.1, 0.15) is 19.8 Å². The average molecular weight is 249 g/mol. The van der Waals surface area contributed by atoms with Gasteiger partial charge in [-0.3, -0.25) is 9.69 Å². The highest BCUT2D eigenvalue weighted by Crippen LogP contribution is 2.03. The van der Waals surface area contributed by atoms with Crippen LogP contribution in [-0.2, 0) is 9.53 Å². The summed E-state index contributed by atoms with van der Waals surface area (Å²) in [4.78, 5) is 13.7. The first-order valence-corrected chi connectivity index (χ1v) is 6.46. The fraction of sp³-hybridized carbons (Fsp3) is 0.909. The molecule has 1 fully saturated rings. The Bertz CT molecular complexity index is 214. The molecule has 1 aliphatic heterocycles. The molecule has 0 aliphatic carbocycles. The SMILES string of the molecule is CCN1CCOC(CNC(=O)CCCCl)C1. The fourth-order valence-electron chi connectivity index (χ4n) is 1.73. The largest absolute Gasteiger partial charge is 0.374 e. The van der Waals surface area contributed by atoms with Gasteiger partial charge in [-0.15, -0.1) is 11.6 Å². The lowest BCUT2D eigenvalue weighted by atomic mass is 10.2. The summed E-state index contributed by atoms with van der Waals surface area (Å²) in [5.74, 6) is 0.606. The van der Waals surface area contributed by atoms with Crippen LogP contribution < -0.4 is 5.32 Å². The monoisotopic (exact) mass is 248 g/mol. The first-order valence-electron chi connectivity index (χ1n) is 5.93. The van der Waals surface area contributed by atoms with Crippen molar-refractivity contribution in [1.82, 2.24) is 10.2 Å². The van der Waals surface area contributed by atoms with Gasteiger partial charge in [-0.25, -0.2) is 0 Å². The molecule has 0 aromatic rings. The number of carbonyl (C=O) groups excluding carboxylic acids is 1. The molecule has 1 rings (SSSR count). The maximum absolute atomic E-state index is 11.4. The summed E-state index contributed by atoms with van der Waals surface area (Å²) in [6.07, 6.45) is 1.38. The number of hydrogen-bond donors (Lipinski definition) is 1. The second-order valence-electron chi connectivity index (χ2n) is 3.98. The summed E-state index contributed by atoms with van der Waals surface area (Å²) in [6, 6.07) is 0. The van der Waals surface area contributed by atoms with Crippen LogP contribution in [0.15, 0.2) is 0 Å². The van der Waals surface area contributed by atoms with Gasteiger partial charge in [-0.1, -0.05) is 6.92 Å². The summed E-state index contributed by atoms with van der Waals surface area (Å²) >= 11 is 5.52. The predicted octanol–water partition coefficient (Wildman–Crippen LogP) is 0.842. The lowest BCUT2D eigenvalue weighted by molar-refractivity contribution is -0.122. The summed E-state index contributed by atoms with van der Waals surface area (Å²) in [5.41, 5.74) is 0. The molecule has 0 spiro atoms. The minimum atomic E-state index is 0.0675. The van der Waals surface area contributed by atoms with E-state index in [9.17, 15) is 4.79 Å². The number of nitrogens with zero attached hydrogens (tertiary/aromatic N) is 1. The zero-order chi connectivity index (χ0) is 11.8. The van der Waals surface area contributed by atoms with E-state index in [0.29, 0.717) is 18.8 Å². The molecule has 0 radical (unpaired) electrons. The molecule has 16 heavy (non-hydrogen) atoms. The van der Waals surface area contributed by atoms with Crippen molar-refractivity contribution in [1.29, 1.82) is 0 Å². The van der Waals surface area contributed by atoms with Gasteiger partial charge in [-0.2, -0.15) is 0 Å². The topological polar surface area (TPSA) is 41.6 Å². The number of nitrogens with one attached hydrogen (secondary N) is 1. The van der Waals surface area contributed by atoms with E-state index in [-0.39, 0.29) is 12.0 Å². The van der Waals surface area contributed by atoms with E-state index in [1.807, 2.05) is 0 Å². The van der Waals surface area contributed by atoms with Crippen molar-refractivity contribution in [3.63, 3.8) is 0 Å². The number of likely N-dealkylation sites (N-methyl/N-ethyl adjacent to an activating group) is 1. The molecule has 94 valence electrons. The van der Waals surface area contributed by atoms with Gasteiger partial charge >= 0.3 is 0 Å². The molecular formula is C11H21ClN2O2. The molecule has 1 saturated heterocycles. The Labute approximate surface area is 102 Å². The van der Waals surface area contributed by atoms with E-state index in [0.717, 1.165) is 32.7 Å². The van der Waals surface area contributed by atoms with Gasteiger partial charge in [0, 0.05) is 31.9 Å². The second kappa shape index (κ2) is 7.87. The third-order valence-electron chi connectivity index (χ3n) is 2.73. The van der Waals surface area contributed by atoms with Gasteiger partial charge in [0.15, 0.2) is 0 Å². The summed E-state index contributed by atoms with van der Waals surface area (Å²) in [6.45, 7) is 6.45. The van der Waals surface area contributed by atoms with Crippen LogP contribution in [-0.4, -0.2) is 55.6 Å². The predicted molar refractivity (Wildman–Crippen MR) is 64.8 cm³/mol. The number of rotatable bonds is 6. The summed E-state index contributed by atoms with van der Waals surface area (Å²) in [7, 11) is 0. The molecular weight excluding hydrogens is 228 g/mol. The highest BCUT2D eigenvalue weighted by Gasteiger charge is 2.19. The Morgan fingerprint density at radius 1 is 1.62 bits per heavy atom. The first kappa shape index (κ1) is 13.7. The van der Waals surface area contributed by atoms with Crippen molar-refractivity contribution in [2.45, 2.75) is 25.9 Å². The molecule has 1 atom stereocenters. The van der Waals surface area contributed by atoms with Gasteiger partial charge in [0.05, 0.1) is 12.7 Å². The molecule has 1 heterocycles. The molecule has 5 heteroatoms. The molecule has 0 bridgehead atoms. The van der Waals surface area contributed by atoms with Crippen LogP contribution >= 0.6 is 11.6 Å². The third kappa shape index (κ3) is 5.14. The van der Waals surface area contributed by atoms with Gasteiger partial charge in [-0.05, 0) is 13.0 Å². The van der Waals surface area contributed by atoms with E-state index >= 15 is 0 Å². The molecule has 4 nitrogen and oxygen atoms in total. The van der Waals surface area contributed by atoms with Crippen molar-refractivity contribution in [3.05, 3.63) is 0 Å². The highest BCUT2D eigenvalue weighted by atomic mass is 35.5. The average Bonchev–Trinajstić information content (AvgIpc) is 2.34. The molecule has 1 aliphatic rings. The summed E-state index contributed by atoms with van der Waals surface area (Å²) in [5, 5.41) is 2.88. The lowest BCUT2D eigenvalue weighted by Crippen LogP contribution is -2.47. The number of halogens is 1. The maximum atomic E-state index is 11.4. The Balaban J connectivity index is 2.14. The normalized spacial score (nSPS) is 22.0. The van der Waals surface area contributed by atoms with Crippen LogP contribution in [0.3, 0.4) is 0 Å². The van der Waals surface area contributed by atoms with Gasteiger partial charge in [0.1, 0.15) is 0 Å². The summed E-state index contributed by atoms with van der Waals surface area (Å²) < 4.78 is 5.58. The second-order valence-corrected chi connectivity index (χ2v) is 4.36. The zero-order valence-corrected chi connectivity index (χ0v) is 10.6. The Morgan fingerprint density at radius 3 is 3.12 bits per heavy atom. The minimum absolute atomic E-state index is 0.0675. The standard InChI is InChI=1S/C11H21ClN2O2/c1-2-14-6-7-16-10(9-14)8-13-11(15)4-3-5-12/h10H,2-9H2,1H3,(H,13,15). The van der Waals surface area contributed by atoms with Crippen molar-refractivity contribution in [3.8, 4) is 0 Å². The smallest absolute Gasteiger partial charge is 0.220 e. The maximum Gasteiger partial charge on any atom is 0.220 e. The van der Waals surface area contributed by atoms with Crippen LogP contribution in [0.4, 0.5) is 0 Å². The highest BCUT2D eigenvalue weighted by molar-refractivity contribution is 6.17. The van der Waals surface area contributed by atoms with Gasteiger partial charge in [0.2, 0.25) is 5.91 Å². The number of morpholine rings is 1. The minimum Gasteiger partial charge on any atom is -0.374 e. The Morgan fingerprint density at radius 2 is 2.44 bits per heavy atom. The Kier molecular flexibility index (Phi) is 6.76.